The van der Waals surface area contributed by atoms with E-state index < -0.39 is 35.8 Å². The number of aliphatic hydroxyl groups is 2. The van der Waals surface area contributed by atoms with E-state index in [2.05, 4.69) is 13.2 Å². The molecule has 5 heteroatoms. The predicted octanol–water partition coefficient (Wildman–Crippen LogP) is 0.704. The van der Waals surface area contributed by atoms with Crippen LogP contribution in [0.2, 0.25) is 0 Å². The Kier molecular flexibility index (Phi) is 3.04. The van der Waals surface area contributed by atoms with Crippen molar-refractivity contribution < 1.29 is 24.5 Å². The molecule has 20 heavy (non-hydrogen) atoms. The summed E-state index contributed by atoms with van der Waals surface area (Å²) in [5.41, 5.74) is 0.453. The fourth-order valence-electron chi connectivity index (χ4n) is 3.34. The van der Waals surface area contributed by atoms with Gasteiger partial charge in [0.25, 0.3) is 0 Å². The van der Waals surface area contributed by atoms with Gasteiger partial charge in [-0.2, -0.15) is 0 Å². The molecule has 2 aliphatic heterocycles. The zero-order chi connectivity index (χ0) is 14.7. The second kappa shape index (κ2) is 4.41. The third-order valence-corrected chi connectivity index (χ3v) is 4.79. The monoisotopic (exact) mass is 280 g/mol. The maximum absolute atomic E-state index is 11.7. The van der Waals surface area contributed by atoms with Crippen molar-refractivity contribution in [2.24, 2.45) is 5.92 Å². The lowest BCUT2D eigenvalue weighted by Gasteiger charge is -2.26. The summed E-state index contributed by atoms with van der Waals surface area (Å²) in [6, 6.07) is 0. The minimum absolute atomic E-state index is 0.281. The first-order valence-electron chi connectivity index (χ1n) is 6.95. The molecule has 2 unspecified atom stereocenters. The van der Waals surface area contributed by atoms with Gasteiger partial charge in [-0.15, -0.1) is 0 Å². The van der Waals surface area contributed by atoms with E-state index in [4.69, 9.17) is 9.47 Å². The minimum Gasteiger partial charge on any atom is -0.458 e. The van der Waals surface area contributed by atoms with Crippen LogP contribution in [0.15, 0.2) is 24.3 Å². The molecule has 5 nitrogen and oxygen atoms in total. The molecule has 0 aromatic rings. The molecule has 6 atom stereocenters. The number of epoxide rings is 1. The Labute approximate surface area is 117 Å². The highest BCUT2D eigenvalue weighted by molar-refractivity contribution is 5.91. The van der Waals surface area contributed by atoms with E-state index >= 15 is 0 Å². The van der Waals surface area contributed by atoms with Crippen LogP contribution in [0, 0.1) is 5.92 Å². The second-order valence-electron chi connectivity index (χ2n) is 6.25. The minimum atomic E-state index is -0.813. The first kappa shape index (κ1) is 13.8. The molecule has 3 rings (SSSR count). The van der Waals surface area contributed by atoms with Crippen molar-refractivity contribution in [3.8, 4) is 0 Å². The molecule has 2 saturated heterocycles. The van der Waals surface area contributed by atoms with Crippen LogP contribution in [0.25, 0.3) is 0 Å². The maximum atomic E-state index is 11.7. The molecular formula is C15H20O5. The first-order chi connectivity index (χ1) is 9.33. The molecule has 1 aliphatic carbocycles. The Morgan fingerprint density at radius 2 is 2.05 bits per heavy atom. The van der Waals surface area contributed by atoms with Crippen molar-refractivity contribution >= 4 is 5.97 Å². The third-order valence-electron chi connectivity index (χ3n) is 4.79. The van der Waals surface area contributed by atoms with Crippen LogP contribution >= 0.6 is 0 Å². The van der Waals surface area contributed by atoms with E-state index in [1.54, 1.807) is 0 Å². The second-order valence-corrected chi connectivity index (χ2v) is 6.25. The van der Waals surface area contributed by atoms with E-state index in [1.807, 2.05) is 6.92 Å². The lowest BCUT2D eigenvalue weighted by molar-refractivity contribution is -0.139. The van der Waals surface area contributed by atoms with Crippen molar-refractivity contribution in [1.82, 2.24) is 0 Å². The largest absolute Gasteiger partial charge is 0.458 e. The fourth-order valence-corrected chi connectivity index (χ4v) is 3.34. The quantitative estimate of drug-likeness (QED) is 0.295. The van der Waals surface area contributed by atoms with Crippen molar-refractivity contribution in [2.75, 3.05) is 0 Å². The SMILES string of the molecule is C=C1C(=O)O[C@H]2CC(=C)[C@H](O)CCC3(C)OC3[C@@H](O)[C@H]12. The summed E-state index contributed by atoms with van der Waals surface area (Å²) in [5.74, 6) is -0.973. The predicted molar refractivity (Wildman–Crippen MR) is 70.8 cm³/mol. The van der Waals surface area contributed by atoms with Gasteiger partial charge in [-0.1, -0.05) is 13.2 Å². The summed E-state index contributed by atoms with van der Waals surface area (Å²) in [6.45, 7) is 9.52. The van der Waals surface area contributed by atoms with Gasteiger partial charge in [0.05, 0.1) is 23.7 Å². The highest BCUT2D eigenvalue weighted by Crippen LogP contribution is 2.48. The first-order valence-corrected chi connectivity index (χ1v) is 6.95. The maximum Gasteiger partial charge on any atom is 0.334 e. The molecule has 0 radical (unpaired) electrons. The molecule has 3 fully saturated rings. The normalized spacial score (nSPS) is 48.4. The van der Waals surface area contributed by atoms with E-state index in [-0.39, 0.29) is 11.7 Å². The smallest absolute Gasteiger partial charge is 0.334 e. The van der Waals surface area contributed by atoms with Gasteiger partial charge in [0.1, 0.15) is 12.2 Å². The van der Waals surface area contributed by atoms with Gasteiger partial charge >= 0.3 is 5.97 Å². The van der Waals surface area contributed by atoms with Crippen molar-refractivity contribution in [3.63, 3.8) is 0 Å². The van der Waals surface area contributed by atoms with Crippen LogP contribution in [0.5, 0.6) is 0 Å². The lowest BCUT2D eigenvalue weighted by Crippen LogP contribution is -2.37. The Hall–Kier alpha value is -1.17. The number of carbonyl (C=O) groups is 1. The fraction of sp³-hybridized carbons (Fsp3) is 0.667. The number of carbonyl (C=O) groups excluding carboxylic acids is 1. The molecule has 0 aromatic heterocycles. The summed E-state index contributed by atoms with van der Waals surface area (Å²) in [4.78, 5) is 11.7. The number of fused-ring (bicyclic) bond motifs is 2. The highest BCUT2D eigenvalue weighted by atomic mass is 16.6. The van der Waals surface area contributed by atoms with Crippen molar-refractivity contribution in [3.05, 3.63) is 24.3 Å². The van der Waals surface area contributed by atoms with Gasteiger partial charge in [-0.05, 0) is 25.3 Å². The van der Waals surface area contributed by atoms with E-state index in [9.17, 15) is 15.0 Å². The summed E-state index contributed by atoms with van der Waals surface area (Å²) in [6.07, 6.45) is -0.777. The Bertz CT molecular complexity index is 485. The topological polar surface area (TPSA) is 79.3 Å². The number of aliphatic hydroxyl groups excluding tert-OH is 2. The number of rotatable bonds is 0. The summed E-state index contributed by atoms with van der Waals surface area (Å²) >= 11 is 0. The standard InChI is InChI=1S/C15H20O5/c1-7-6-10-11(8(2)14(18)19-10)12(17)13-15(3,20-13)5-4-9(7)16/h9-13,16-17H,1-2,4-6H2,3H3/t9-,10+,11-,12+,13?,15?/m1/s1. The third kappa shape index (κ3) is 2.01. The molecule has 3 aliphatic rings. The van der Waals surface area contributed by atoms with Gasteiger partial charge < -0.3 is 19.7 Å². The van der Waals surface area contributed by atoms with Crippen LogP contribution in [0.3, 0.4) is 0 Å². The van der Waals surface area contributed by atoms with Crippen LogP contribution in [-0.4, -0.2) is 46.2 Å². The van der Waals surface area contributed by atoms with Gasteiger partial charge in [0.2, 0.25) is 0 Å². The van der Waals surface area contributed by atoms with E-state index in [0.717, 1.165) is 0 Å². The number of esters is 1. The average molecular weight is 280 g/mol. The van der Waals surface area contributed by atoms with Crippen molar-refractivity contribution in [2.45, 2.75) is 56.2 Å². The molecule has 2 N–H and O–H groups in total. The highest BCUT2D eigenvalue weighted by Gasteiger charge is 2.60. The molecule has 2 heterocycles. The van der Waals surface area contributed by atoms with Gasteiger partial charge in [0.15, 0.2) is 0 Å². The Balaban J connectivity index is 1.91. The van der Waals surface area contributed by atoms with Gasteiger partial charge in [-0.25, -0.2) is 4.79 Å². The molecule has 1 saturated carbocycles. The lowest BCUT2D eigenvalue weighted by atomic mass is 9.80. The van der Waals surface area contributed by atoms with E-state index in [1.165, 1.54) is 0 Å². The van der Waals surface area contributed by atoms with Crippen LogP contribution in [0.1, 0.15) is 26.2 Å². The Morgan fingerprint density at radius 1 is 1.35 bits per heavy atom. The number of hydrogen-bond acceptors (Lipinski definition) is 5. The van der Waals surface area contributed by atoms with E-state index in [0.29, 0.717) is 24.8 Å². The number of hydrogen-bond donors (Lipinski definition) is 2. The average Bonchev–Trinajstić information content (AvgIpc) is 2.99. The summed E-state index contributed by atoms with van der Waals surface area (Å²) < 4.78 is 10.9. The summed E-state index contributed by atoms with van der Waals surface area (Å²) in [7, 11) is 0. The van der Waals surface area contributed by atoms with Gasteiger partial charge in [0, 0.05) is 12.0 Å². The zero-order valence-electron chi connectivity index (χ0n) is 11.5. The van der Waals surface area contributed by atoms with Crippen LogP contribution in [0.4, 0.5) is 0 Å². The summed E-state index contributed by atoms with van der Waals surface area (Å²) in [5, 5.41) is 20.6. The molecule has 0 spiro atoms. The van der Waals surface area contributed by atoms with Crippen LogP contribution in [-0.2, 0) is 14.3 Å². The molecule has 0 amide bonds. The van der Waals surface area contributed by atoms with Crippen molar-refractivity contribution in [1.29, 1.82) is 0 Å². The molecule has 110 valence electrons. The van der Waals surface area contributed by atoms with Gasteiger partial charge in [-0.3, -0.25) is 0 Å². The molecule has 0 bridgehead atoms. The molecular weight excluding hydrogens is 260 g/mol. The van der Waals surface area contributed by atoms with Crippen LogP contribution < -0.4 is 0 Å². The number of ether oxygens (including phenoxy) is 2. The zero-order valence-corrected chi connectivity index (χ0v) is 11.5. The Morgan fingerprint density at radius 3 is 2.75 bits per heavy atom. The molecule has 0 aromatic carbocycles.